The zero-order valence-electron chi connectivity index (χ0n) is 35.4. The lowest BCUT2D eigenvalue weighted by Gasteiger charge is -2.29. The molecule has 8 rings (SSSR count). The van der Waals surface area contributed by atoms with Crippen molar-refractivity contribution in [2.45, 2.75) is 102 Å². The van der Waals surface area contributed by atoms with Crippen LogP contribution in [0.5, 0.6) is 0 Å². The molecule has 324 valence electrons. The Morgan fingerprint density at radius 1 is 1.00 bits per heavy atom. The molecule has 2 spiro atoms. The van der Waals surface area contributed by atoms with Gasteiger partial charge in [0.1, 0.15) is 17.3 Å². The van der Waals surface area contributed by atoms with Crippen LogP contribution in [-0.4, -0.2) is 91.5 Å². The number of carbonyl (C=O) groups is 5. The van der Waals surface area contributed by atoms with Crippen LogP contribution in [0.2, 0.25) is 0 Å². The third kappa shape index (κ3) is 9.01. The third-order valence-corrected chi connectivity index (χ3v) is 13.2. The minimum Gasteiger partial charge on any atom is -0.439 e. The van der Waals surface area contributed by atoms with Gasteiger partial charge in [-0.3, -0.25) is 19.2 Å². The van der Waals surface area contributed by atoms with E-state index in [2.05, 4.69) is 53.8 Å². The number of Topliss-reactive ketones (excluding diaryl/α,β-unsaturated/α-hetero) is 1. The van der Waals surface area contributed by atoms with Crippen LogP contribution in [0.25, 0.3) is 22.5 Å². The van der Waals surface area contributed by atoms with E-state index in [0.717, 1.165) is 60.9 Å². The number of nitrogens with one attached hydrogen (secondary N) is 6. The number of hydrogen-bond acceptors (Lipinski definition) is 11. The van der Waals surface area contributed by atoms with E-state index in [-0.39, 0.29) is 58.8 Å². The van der Waals surface area contributed by atoms with E-state index in [0.29, 0.717) is 48.7 Å². The molecule has 62 heavy (non-hydrogen) atoms. The molecule has 0 bridgehead atoms. The molecule has 2 aromatic heterocycles. The summed E-state index contributed by atoms with van der Waals surface area (Å²) in [5.74, 6) is -0.132. The summed E-state index contributed by atoms with van der Waals surface area (Å²) in [6, 6.07) is 17.6. The molecular weight excluding hydrogens is 789 g/mol. The van der Waals surface area contributed by atoms with E-state index in [9.17, 15) is 24.0 Å². The predicted molar refractivity (Wildman–Crippen MR) is 230 cm³/mol. The molecule has 2 aliphatic heterocycles. The largest absolute Gasteiger partial charge is 0.439 e. The molecule has 4 fully saturated rings. The molecule has 2 unspecified atom stereocenters. The fraction of sp³-hybridized carbons (Fsp3) is 0.457. The summed E-state index contributed by atoms with van der Waals surface area (Å²) in [7, 11) is 0. The Balaban J connectivity index is 0.895. The van der Waals surface area contributed by atoms with Crippen LogP contribution in [0.3, 0.4) is 0 Å². The number of carbonyl (C=O) groups excluding carboxylic acids is 5. The van der Waals surface area contributed by atoms with Gasteiger partial charge < -0.3 is 31.3 Å². The van der Waals surface area contributed by atoms with Gasteiger partial charge >= 0.3 is 6.09 Å². The van der Waals surface area contributed by atoms with Gasteiger partial charge in [-0.2, -0.15) is 5.21 Å². The number of tetrazole rings is 1. The number of fused-ring (bicyclic) bond motifs is 1. The topological polar surface area (TPSA) is 232 Å². The highest BCUT2D eigenvalue weighted by molar-refractivity contribution is 5.98. The van der Waals surface area contributed by atoms with Gasteiger partial charge in [-0.25, -0.2) is 9.78 Å². The predicted octanol–water partition coefficient (Wildman–Crippen LogP) is 4.98. The van der Waals surface area contributed by atoms with Crippen molar-refractivity contribution in [2.75, 3.05) is 18.4 Å². The molecule has 0 radical (unpaired) electrons. The van der Waals surface area contributed by atoms with Crippen molar-refractivity contribution >= 4 is 35.3 Å². The van der Waals surface area contributed by atoms with E-state index < -0.39 is 17.7 Å². The first kappa shape index (κ1) is 42.4. The summed E-state index contributed by atoms with van der Waals surface area (Å²) in [6.07, 6.45) is 6.98. The number of aromatic amines is 1. The fourth-order valence-electron chi connectivity index (χ4n) is 9.30. The maximum absolute atomic E-state index is 13.9. The molecule has 4 heterocycles. The zero-order valence-corrected chi connectivity index (χ0v) is 35.4. The van der Waals surface area contributed by atoms with Crippen LogP contribution in [0.4, 0.5) is 10.5 Å². The molecule has 4 atom stereocenters. The van der Waals surface area contributed by atoms with Crippen LogP contribution in [-0.2, 0) is 25.5 Å². The highest BCUT2D eigenvalue weighted by Crippen LogP contribution is 2.69. The lowest BCUT2D eigenvalue weighted by atomic mass is 9.81. The van der Waals surface area contributed by atoms with Crippen molar-refractivity contribution in [3.05, 3.63) is 90.3 Å². The number of hydrogen-bond donors (Lipinski definition) is 6. The van der Waals surface area contributed by atoms with Gasteiger partial charge in [0.25, 0.3) is 0 Å². The van der Waals surface area contributed by atoms with Crippen LogP contribution < -0.4 is 26.6 Å². The summed E-state index contributed by atoms with van der Waals surface area (Å²) in [6.45, 7) is 10.3. The van der Waals surface area contributed by atoms with Crippen LogP contribution in [0.15, 0.2) is 73.3 Å². The van der Waals surface area contributed by atoms with Crippen molar-refractivity contribution < 1.29 is 28.7 Å². The summed E-state index contributed by atoms with van der Waals surface area (Å²) in [5.41, 5.74) is 3.64. The standard InChI is InChI=1S/C46H54N10O6/c1-5-44(3,4)62-43(61)48-25-29-9-13-32(14-10-29)40(58)51-36(41(59)50-33-17-15-31(16-18-33)39-53-55-56-54-39)23-28-7-11-30(12-8-28)34-19-20-35(49-27(34)2)37(57)24-38-46(52-38)26-45(46)21-6-22-47-42(45)60/h5,7-8,11-12,15-20,29,32,36,38,52H,1,6,9-10,13-14,21-26H2,2-4H3,(H,47,60)(H,48,61)(H,50,59)(H,51,58)(H,53,54,55,56)/t29?,32?,36-,38?,45-,46?/m0/s1. The van der Waals surface area contributed by atoms with Crippen LogP contribution in [0.1, 0.15) is 87.0 Å². The van der Waals surface area contributed by atoms with Crippen molar-refractivity contribution in [2.24, 2.45) is 17.3 Å². The first-order valence-electron chi connectivity index (χ1n) is 21.5. The molecule has 2 saturated carbocycles. The Kier molecular flexibility index (Phi) is 11.8. The summed E-state index contributed by atoms with van der Waals surface area (Å²) in [4.78, 5) is 70.6. The average Bonchev–Trinajstić information content (AvgIpc) is 4.01. The summed E-state index contributed by atoms with van der Waals surface area (Å²) >= 11 is 0. The molecular formula is C46H54N10O6. The number of amides is 4. The van der Waals surface area contributed by atoms with Gasteiger partial charge in [0.15, 0.2) is 5.78 Å². The summed E-state index contributed by atoms with van der Waals surface area (Å²) in [5, 5.41) is 29.4. The number of alkyl carbamates (subject to hydrolysis) is 1. The highest BCUT2D eigenvalue weighted by Gasteiger charge is 2.82. The Bertz CT molecular complexity index is 2340. The van der Waals surface area contributed by atoms with Crippen LogP contribution >= 0.6 is 0 Å². The number of piperidine rings is 1. The minimum atomic E-state index is -0.876. The maximum atomic E-state index is 13.9. The lowest BCUT2D eigenvalue weighted by Crippen LogP contribution is -2.48. The number of H-pyrrole nitrogens is 1. The second-order valence-electron chi connectivity index (χ2n) is 17.8. The molecule has 16 heteroatoms. The number of rotatable bonds is 15. The van der Waals surface area contributed by atoms with E-state index in [1.807, 2.05) is 37.3 Å². The Morgan fingerprint density at radius 3 is 2.42 bits per heavy atom. The third-order valence-electron chi connectivity index (χ3n) is 13.2. The smallest absolute Gasteiger partial charge is 0.407 e. The van der Waals surface area contributed by atoms with Crippen molar-refractivity contribution in [3.8, 4) is 22.5 Å². The number of aryl methyl sites for hydroxylation is 1. The molecule has 4 aliphatic rings. The highest BCUT2D eigenvalue weighted by atomic mass is 16.6. The zero-order chi connectivity index (χ0) is 43.6. The van der Waals surface area contributed by atoms with Crippen molar-refractivity contribution in [1.29, 1.82) is 0 Å². The first-order valence-corrected chi connectivity index (χ1v) is 21.5. The van der Waals surface area contributed by atoms with Gasteiger partial charge in [-0.05, 0) is 124 Å². The normalized spacial score (nSPS) is 24.4. The quantitative estimate of drug-likeness (QED) is 0.0531. The van der Waals surface area contributed by atoms with Gasteiger partial charge in [0, 0.05) is 65.9 Å². The Morgan fingerprint density at radius 2 is 1.74 bits per heavy atom. The molecule has 4 amide bonds. The number of ketones is 1. The monoisotopic (exact) mass is 842 g/mol. The summed E-state index contributed by atoms with van der Waals surface area (Å²) < 4.78 is 5.40. The molecule has 2 aliphatic carbocycles. The minimum absolute atomic E-state index is 0.00988. The number of aromatic nitrogens is 5. The second-order valence-corrected chi connectivity index (χ2v) is 17.8. The number of anilines is 1. The SMILES string of the molecule is C=CC(C)(C)OC(=O)NCC1CCC(C(=O)N[C@@H](Cc2ccc(-c3ccc(C(=O)CC4NC45C[C@]54CCCNC4=O)nc3C)cc2)C(=O)Nc2ccc(-c3nn[nH]n3)cc2)CC1. The van der Waals surface area contributed by atoms with E-state index in [4.69, 9.17) is 9.72 Å². The number of benzene rings is 2. The van der Waals surface area contributed by atoms with Gasteiger partial charge in [-0.15, -0.1) is 10.2 Å². The van der Waals surface area contributed by atoms with Gasteiger partial charge in [-0.1, -0.05) is 36.9 Å². The molecule has 6 N–H and O–H groups in total. The van der Waals surface area contributed by atoms with Crippen molar-refractivity contribution in [1.82, 2.24) is 46.9 Å². The van der Waals surface area contributed by atoms with E-state index in [1.54, 1.807) is 50.3 Å². The lowest BCUT2D eigenvalue weighted by molar-refractivity contribution is -0.130. The van der Waals surface area contributed by atoms with Gasteiger partial charge in [0.2, 0.25) is 23.5 Å². The van der Waals surface area contributed by atoms with Crippen LogP contribution in [0, 0.1) is 24.2 Å². The van der Waals surface area contributed by atoms with E-state index in [1.165, 1.54) is 0 Å². The average molecular weight is 843 g/mol. The van der Waals surface area contributed by atoms with Crippen molar-refractivity contribution in [3.63, 3.8) is 0 Å². The first-order chi connectivity index (χ1) is 29.8. The number of ether oxygens (including phenoxy) is 1. The molecule has 16 nitrogen and oxygen atoms in total. The maximum Gasteiger partial charge on any atom is 0.407 e. The number of nitrogens with zero attached hydrogens (tertiary/aromatic N) is 4. The molecule has 4 aromatic rings. The Labute approximate surface area is 360 Å². The second kappa shape index (κ2) is 17.2. The van der Waals surface area contributed by atoms with E-state index >= 15 is 0 Å². The molecule has 2 aromatic carbocycles. The number of pyridine rings is 1. The fourth-order valence-corrected chi connectivity index (χ4v) is 9.30. The Hall–Kier alpha value is -6.29. The molecule has 2 saturated heterocycles. The van der Waals surface area contributed by atoms with Gasteiger partial charge in [0.05, 0.1) is 5.41 Å².